The number of nitrogens with zero attached hydrogens (tertiary/aromatic N) is 1. The van der Waals surface area contributed by atoms with E-state index in [1.165, 1.54) is 12.0 Å². The van der Waals surface area contributed by atoms with E-state index in [4.69, 9.17) is 26.8 Å². The highest BCUT2D eigenvalue weighted by Crippen LogP contribution is 2.29. The standard InChI is InChI=1S/C22H24ClN3O5/c1-30-18-8-7-16(13-17(18)23)25-20(27)19(14-5-3-2-4-6-14)31-21(28)15-9-11-26(12-10-15)22(24)29/h2-8,13,15,19H,9-12H2,1H3,(H2,24,29)(H,25,27)/t19-/m1/s1. The Labute approximate surface area is 185 Å². The minimum Gasteiger partial charge on any atom is -0.495 e. The van der Waals surface area contributed by atoms with Crippen LogP contribution in [0.15, 0.2) is 48.5 Å². The van der Waals surface area contributed by atoms with E-state index in [-0.39, 0.29) is 0 Å². The highest BCUT2D eigenvalue weighted by molar-refractivity contribution is 6.32. The summed E-state index contributed by atoms with van der Waals surface area (Å²) in [6.45, 7) is 0.753. The van der Waals surface area contributed by atoms with E-state index < -0.39 is 29.9 Å². The van der Waals surface area contributed by atoms with Gasteiger partial charge < -0.3 is 25.4 Å². The molecule has 1 atom stereocenters. The first-order chi connectivity index (χ1) is 14.9. The van der Waals surface area contributed by atoms with E-state index >= 15 is 0 Å². The number of likely N-dealkylation sites (tertiary alicyclic amines) is 1. The van der Waals surface area contributed by atoms with Gasteiger partial charge in [-0.15, -0.1) is 0 Å². The van der Waals surface area contributed by atoms with Crippen LogP contribution < -0.4 is 15.8 Å². The van der Waals surface area contributed by atoms with Gasteiger partial charge in [0.05, 0.1) is 18.1 Å². The Bertz CT molecular complexity index is 945. The number of hydrogen-bond acceptors (Lipinski definition) is 5. The zero-order chi connectivity index (χ0) is 22.4. The Hall–Kier alpha value is -3.26. The van der Waals surface area contributed by atoms with Crippen LogP contribution >= 0.6 is 11.6 Å². The van der Waals surface area contributed by atoms with Gasteiger partial charge in [0, 0.05) is 24.3 Å². The van der Waals surface area contributed by atoms with Gasteiger partial charge in [0.1, 0.15) is 5.75 Å². The molecule has 3 N–H and O–H groups in total. The lowest BCUT2D eigenvalue weighted by molar-refractivity contribution is -0.160. The fourth-order valence-corrected chi connectivity index (χ4v) is 3.66. The van der Waals surface area contributed by atoms with Gasteiger partial charge in [-0.3, -0.25) is 9.59 Å². The molecule has 0 aromatic heterocycles. The molecule has 0 unspecified atom stereocenters. The predicted molar refractivity (Wildman–Crippen MR) is 116 cm³/mol. The average Bonchev–Trinajstić information content (AvgIpc) is 2.78. The van der Waals surface area contributed by atoms with Crippen molar-refractivity contribution in [3.63, 3.8) is 0 Å². The van der Waals surface area contributed by atoms with Gasteiger partial charge >= 0.3 is 12.0 Å². The molecule has 0 spiro atoms. The smallest absolute Gasteiger partial charge is 0.314 e. The summed E-state index contributed by atoms with van der Waals surface area (Å²) in [5, 5.41) is 3.08. The van der Waals surface area contributed by atoms with E-state index in [0.29, 0.717) is 48.0 Å². The molecule has 0 radical (unpaired) electrons. The van der Waals surface area contributed by atoms with Gasteiger partial charge in [0.2, 0.25) is 6.10 Å². The molecule has 164 valence electrons. The number of piperidine rings is 1. The normalized spacial score (nSPS) is 15.1. The van der Waals surface area contributed by atoms with Crippen molar-refractivity contribution in [3.8, 4) is 5.75 Å². The molecule has 3 rings (SSSR count). The third kappa shape index (κ3) is 5.67. The minimum atomic E-state index is -1.14. The number of amides is 3. The Morgan fingerprint density at radius 2 is 1.81 bits per heavy atom. The highest BCUT2D eigenvalue weighted by Gasteiger charge is 2.32. The SMILES string of the molecule is COc1ccc(NC(=O)[C@H](OC(=O)C2CCN(C(N)=O)CC2)c2ccccc2)cc1Cl. The predicted octanol–water partition coefficient (Wildman–Crippen LogP) is 3.36. The van der Waals surface area contributed by atoms with Crippen LogP contribution in [-0.4, -0.2) is 43.0 Å². The van der Waals surface area contributed by atoms with Crippen LogP contribution in [0.1, 0.15) is 24.5 Å². The molecule has 0 bridgehead atoms. The summed E-state index contributed by atoms with van der Waals surface area (Å²) in [7, 11) is 1.50. The summed E-state index contributed by atoms with van der Waals surface area (Å²) in [4.78, 5) is 38.6. The fraction of sp³-hybridized carbons (Fsp3) is 0.318. The number of ether oxygens (including phenoxy) is 2. The zero-order valence-corrected chi connectivity index (χ0v) is 17.8. The van der Waals surface area contributed by atoms with Crippen LogP contribution in [0, 0.1) is 5.92 Å². The number of methoxy groups -OCH3 is 1. The van der Waals surface area contributed by atoms with Crippen molar-refractivity contribution in [2.75, 3.05) is 25.5 Å². The Balaban J connectivity index is 1.73. The fourth-order valence-electron chi connectivity index (χ4n) is 3.40. The number of rotatable bonds is 6. The van der Waals surface area contributed by atoms with Gasteiger partial charge in [0.25, 0.3) is 5.91 Å². The number of benzene rings is 2. The summed E-state index contributed by atoms with van der Waals surface area (Å²) in [5.74, 6) is -0.922. The summed E-state index contributed by atoms with van der Waals surface area (Å²) in [5.41, 5.74) is 6.28. The molecule has 0 saturated carbocycles. The summed E-state index contributed by atoms with van der Waals surface area (Å²) >= 11 is 6.13. The molecule has 1 saturated heterocycles. The van der Waals surface area contributed by atoms with Gasteiger partial charge in [-0.25, -0.2) is 4.79 Å². The molecule has 3 amide bonds. The molecule has 31 heavy (non-hydrogen) atoms. The molecular weight excluding hydrogens is 422 g/mol. The number of carbonyl (C=O) groups excluding carboxylic acids is 3. The first-order valence-corrected chi connectivity index (χ1v) is 10.2. The van der Waals surface area contributed by atoms with Gasteiger partial charge in [-0.2, -0.15) is 0 Å². The second-order valence-electron chi connectivity index (χ2n) is 7.17. The molecular formula is C22H24ClN3O5. The summed E-state index contributed by atoms with van der Waals surface area (Å²) < 4.78 is 10.8. The molecule has 1 fully saturated rings. The first-order valence-electron chi connectivity index (χ1n) is 9.83. The van der Waals surface area contributed by atoms with Gasteiger partial charge in [-0.1, -0.05) is 41.9 Å². The lowest BCUT2D eigenvalue weighted by atomic mass is 9.97. The molecule has 1 aliphatic heterocycles. The van der Waals surface area contributed by atoms with E-state index in [2.05, 4.69) is 5.32 Å². The highest BCUT2D eigenvalue weighted by atomic mass is 35.5. The maximum Gasteiger partial charge on any atom is 0.314 e. The van der Waals surface area contributed by atoms with Crippen LogP contribution in [0.5, 0.6) is 5.75 Å². The van der Waals surface area contributed by atoms with Crippen LogP contribution in [0.4, 0.5) is 10.5 Å². The van der Waals surface area contributed by atoms with Crippen molar-refractivity contribution in [1.29, 1.82) is 0 Å². The van der Waals surface area contributed by atoms with Crippen LogP contribution in [0.25, 0.3) is 0 Å². The lowest BCUT2D eigenvalue weighted by Crippen LogP contribution is -2.43. The number of urea groups is 1. The number of nitrogens with two attached hydrogens (primary N) is 1. The molecule has 2 aromatic rings. The Kier molecular flexibility index (Phi) is 7.36. The molecule has 8 nitrogen and oxygen atoms in total. The van der Waals surface area contributed by atoms with Crippen molar-refractivity contribution in [2.45, 2.75) is 18.9 Å². The zero-order valence-electron chi connectivity index (χ0n) is 17.0. The topological polar surface area (TPSA) is 111 Å². The van der Waals surface area contributed by atoms with E-state index in [1.807, 2.05) is 6.07 Å². The van der Waals surface area contributed by atoms with Crippen molar-refractivity contribution in [2.24, 2.45) is 11.7 Å². The second-order valence-corrected chi connectivity index (χ2v) is 7.57. The third-order valence-electron chi connectivity index (χ3n) is 5.13. The number of anilines is 1. The van der Waals surface area contributed by atoms with Crippen molar-refractivity contribution >= 4 is 35.2 Å². The quantitative estimate of drug-likeness (QED) is 0.662. The number of carbonyl (C=O) groups is 3. The number of primary amides is 1. The maximum atomic E-state index is 13.0. The number of esters is 1. The van der Waals surface area contributed by atoms with Crippen LogP contribution in [0.2, 0.25) is 5.02 Å². The Morgan fingerprint density at radius 3 is 2.39 bits per heavy atom. The number of nitrogens with one attached hydrogen (secondary N) is 1. The number of halogens is 1. The molecule has 1 aliphatic rings. The van der Waals surface area contributed by atoms with Crippen molar-refractivity contribution in [3.05, 3.63) is 59.1 Å². The minimum absolute atomic E-state index is 0.342. The van der Waals surface area contributed by atoms with E-state index in [1.54, 1.807) is 42.5 Å². The maximum absolute atomic E-state index is 13.0. The Morgan fingerprint density at radius 1 is 1.13 bits per heavy atom. The summed E-state index contributed by atoms with van der Waals surface area (Å²) in [6.07, 6.45) is -0.276. The van der Waals surface area contributed by atoms with Crippen molar-refractivity contribution < 1.29 is 23.9 Å². The molecule has 1 heterocycles. The summed E-state index contributed by atoms with van der Waals surface area (Å²) in [6, 6.07) is 13.1. The van der Waals surface area contributed by atoms with Crippen LogP contribution in [0.3, 0.4) is 0 Å². The third-order valence-corrected chi connectivity index (χ3v) is 5.43. The second kappa shape index (κ2) is 10.2. The monoisotopic (exact) mass is 445 g/mol. The number of hydrogen-bond donors (Lipinski definition) is 2. The lowest BCUT2D eigenvalue weighted by Gasteiger charge is -2.30. The van der Waals surface area contributed by atoms with Crippen molar-refractivity contribution in [1.82, 2.24) is 4.90 Å². The molecule has 0 aliphatic carbocycles. The van der Waals surface area contributed by atoms with Gasteiger partial charge in [-0.05, 0) is 31.0 Å². The largest absolute Gasteiger partial charge is 0.495 e. The van der Waals surface area contributed by atoms with Crippen LogP contribution in [-0.2, 0) is 14.3 Å². The van der Waals surface area contributed by atoms with E-state index in [9.17, 15) is 14.4 Å². The molecule has 9 heteroatoms. The first kappa shape index (κ1) is 22.4. The van der Waals surface area contributed by atoms with E-state index in [0.717, 1.165) is 0 Å². The van der Waals surface area contributed by atoms with Gasteiger partial charge in [0.15, 0.2) is 0 Å². The average molecular weight is 446 g/mol. The molecule has 2 aromatic carbocycles.